The maximum Gasteiger partial charge on any atom is 5.00 e. The van der Waals surface area contributed by atoms with Crippen LogP contribution in [0.15, 0.2) is 0 Å². The van der Waals surface area contributed by atoms with Gasteiger partial charge >= 0.3 is 17.4 Å². The molecule has 0 amide bonds. The summed E-state index contributed by atoms with van der Waals surface area (Å²) in [4.78, 5) is 38.8. The number of carbonyl (C=O) groups excluding carboxylic acids is 5. The third-order valence-electron chi connectivity index (χ3n) is 0. The van der Waals surface area contributed by atoms with Gasteiger partial charge in [0.2, 0.25) is 0 Å². The number of hydrogen-bond donors (Lipinski definition) is 0. The summed E-state index contributed by atoms with van der Waals surface area (Å²) in [5.74, 6) is 0. The predicted octanol–water partition coefficient (Wildman–Crippen LogP) is -1.37. The Morgan fingerprint density at radius 1 is 0.364 bits per heavy atom. The van der Waals surface area contributed by atoms with Gasteiger partial charge in [-0.15, -0.1) is 0 Å². The molecule has 0 saturated heterocycles. The molecule has 0 aromatic carbocycles. The van der Waals surface area contributed by atoms with E-state index < -0.39 is 0 Å². The molecule has 11 heavy (non-hydrogen) atoms. The second-order valence-electron chi connectivity index (χ2n) is 0. The molecule has 0 spiro atoms. The van der Waals surface area contributed by atoms with Crippen LogP contribution in [0.4, 0.5) is 0 Å². The van der Waals surface area contributed by atoms with Gasteiger partial charge in [0.1, 0.15) is 0 Å². The molecule has 6 heteroatoms. The van der Waals surface area contributed by atoms with Gasteiger partial charge in [-0.1, -0.05) is 0 Å². The Bertz CT molecular complexity index is 26.4. The molecule has 0 aliphatic heterocycles. The first-order valence-electron chi connectivity index (χ1n) is 1.18. The topological polar surface area (TPSA) is 85.3 Å². The van der Waals surface area contributed by atoms with Crippen LogP contribution >= 0.6 is 0 Å². The maximum atomic E-state index is 7.75. The van der Waals surface area contributed by atoms with Crippen LogP contribution < -0.4 is 0 Å². The molecule has 0 N–H and O–H groups in total. The van der Waals surface area contributed by atoms with Crippen molar-refractivity contribution in [1.29, 1.82) is 0 Å². The molecule has 61 valence electrons. The van der Waals surface area contributed by atoms with E-state index in [0.29, 0.717) is 0 Å². The van der Waals surface area contributed by atoms with Crippen molar-refractivity contribution in [2.45, 2.75) is 0 Å². The van der Waals surface area contributed by atoms with Gasteiger partial charge in [-0.05, 0) is 0 Å². The summed E-state index contributed by atoms with van der Waals surface area (Å²) in [5, 5.41) is 0. The van der Waals surface area contributed by atoms with Crippen molar-refractivity contribution < 1.29 is 41.3 Å². The first-order valence-corrected chi connectivity index (χ1v) is 1.18. The van der Waals surface area contributed by atoms with Crippen LogP contribution in [0, 0.1) is 0 Å². The van der Waals surface area contributed by atoms with Gasteiger partial charge in [-0.3, -0.25) is 33.9 Å². The molecule has 0 aliphatic carbocycles. The van der Waals surface area contributed by atoms with Crippen molar-refractivity contribution in [2.24, 2.45) is 0 Å². The van der Waals surface area contributed by atoms with Crippen molar-refractivity contribution in [1.82, 2.24) is 0 Å². The van der Waals surface area contributed by atoms with E-state index in [1.54, 1.807) is 0 Å². The summed E-state index contributed by atoms with van der Waals surface area (Å²) in [5.41, 5.74) is 0. The van der Waals surface area contributed by atoms with Gasteiger partial charge < -0.3 is 24.0 Å². The van der Waals surface area contributed by atoms with Crippen LogP contribution in [0.2, 0.25) is 0 Å². The Morgan fingerprint density at radius 3 is 0.364 bits per heavy atom. The first kappa shape index (κ1) is 51.7. The van der Waals surface area contributed by atoms with E-state index >= 15 is 0 Å². The number of rotatable bonds is 0. The minimum Gasteiger partial charge on any atom is -0.545 e. The van der Waals surface area contributed by atoms with E-state index in [4.69, 9.17) is 24.0 Å². The molecule has 0 rings (SSSR count). The largest absolute Gasteiger partial charge is 5.00 e. The fraction of sp³-hybridized carbons (Fsp3) is 0. The summed E-state index contributed by atoms with van der Waals surface area (Å²) in [6.07, 6.45) is 0. The van der Waals surface area contributed by atoms with E-state index in [9.17, 15) is 0 Å². The fourth-order valence-corrected chi connectivity index (χ4v) is 0. The van der Waals surface area contributed by atoms with Crippen LogP contribution in [-0.2, 0) is 41.3 Å². The monoisotopic (exact) mass is 197 g/mol. The average molecular weight is 197 g/mol. The zero-order valence-electron chi connectivity index (χ0n) is 5.34. The third-order valence-corrected chi connectivity index (χ3v) is 0. The molecule has 0 atom stereocenters. The first-order chi connectivity index (χ1) is 5.00. The third kappa shape index (κ3) is 337. The molecule has 0 unspecified atom stereocenters. The van der Waals surface area contributed by atoms with Crippen molar-refractivity contribution in [3.05, 3.63) is 0 Å². The minimum atomic E-state index is 0. The summed E-state index contributed by atoms with van der Waals surface area (Å²) in [6.45, 7) is 16.2. The maximum absolute atomic E-state index is 7.75. The summed E-state index contributed by atoms with van der Waals surface area (Å²) in [7, 11) is 0. The molecule has 0 saturated carbocycles. The minimum absolute atomic E-state index is 0. The predicted molar refractivity (Wildman–Crippen MR) is 33.8 cm³/mol. The molecule has 0 aliphatic rings. The molecule has 0 fully saturated rings. The van der Waals surface area contributed by atoms with Gasteiger partial charge in [-0.2, -0.15) is 0 Å². The second kappa shape index (κ2) is 442. The van der Waals surface area contributed by atoms with Crippen LogP contribution in [0.25, 0.3) is 0 Å². The van der Waals surface area contributed by atoms with Crippen molar-refractivity contribution in [3.8, 4) is 0 Å². The summed E-state index contributed by atoms with van der Waals surface area (Å²) in [6, 6.07) is 0. The van der Waals surface area contributed by atoms with Crippen molar-refractivity contribution in [3.63, 3.8) is 0 Å². The van der Waals surface area contributed by atoms with E-state index in [1.807, 2.05) is 0 Å². The molecule has 5 nitrogen and oxygen atoms in total. The smallest absolute Gasteiger partial charge is 0.545 e. The van der Waals surface area contributed by atoms with Crippen molar-refractivity contribution in [2.75, 3.05) is 0 Å². The molecular weight excluding hydrogens is 192 g/mol. The van der Waals surface area contributed by atoms with Gasteiger partial charge in [0.25, 0.3) is 0 Å². The van der Waals surface area contributed by atoms with E-state index in [1.165, 1.54) is 0 Å². The standard InChI is InChI=1S/5CHO.Cr/c5*1-2;/h5*1H;/q5*-1;+5. The van der Waals surface area contributed by atoms with E-state index in [0.717, 1.165) is 0 Å². The Hall–Kier alpha value is -1.12. The number of hydrogen-bond acceptors (Lipinski definition) is 5. The van der Waals surface area contributed by atoms with Crippen LogP contribution in [0.3, 0.4) is 0 Å². The average Bonchev–Trinajstić information content (AvgIpc) is 2.20. The zero-order chi connectivity index (χ0) is 10.0. The molecule has 0 bridgehead atoms. The van der Waals surface area contributed by atoms with Crippen LogP contribution in [-0.4, -0.2) is 33.9 Å². The second-order valence-corrected chi connectivity index (χ2v) is 0. The van der Waals surface area contributed by atoms with Crippen molar-refractivity contribution >= 4 is 33.9 Å². The molecule has 0 aromatic rings. The van der Waals surface area contributed by atoms with Gasteiger partial charge in [0.05, 0.1) is 0 Å². The fourth-order valence-electron chi connectivity index (χ4n) is 0. The molecule has 1 radical (unpaired) electrons. The van der Waals surface area contributed by atoms with Gasteiger partial charge in [0.15, 0.2) is 0 Å². The van der Waals surface area contributed by atoms with Gasteiger partial charge in [-0.25, -0.2) is 0 Å². The Balaban J connectivity index is -0.00000000694. The Morgan fingerprint density at radius 2 is 0.364 bits per heavy atom. The SMILES string of the molecule is [CH-]=O.[CH-]=O.[CH-]=O.[CH-]=O.[CH-]=O.[Cr+5]. The quantitative estimate of drug-likeness (QED) is 0.353. The Labute approximate surface area is 75.9 Å². The molecule has 0 heterocycles. The van der Waals surface area contributed by atoms with E-state index in [-0.39, 0.29) is 17.4 Å². The molecule has 0 aromatic heterocycles. The molecular formula is C5H5CrO5. The van der Waals surface area contributed by atoms with Crippen LogP contribution in [0.5, 0.6) is 0 Å². The zero-order valence-corrected chi connectivity index (χ0v) is 6.61. The van der Waals surface area contributed by atoms with Gasteiger partial charge in [0, 0.05) is 0 Å². The summed E-state index contributed by atoms with van der Waals surface area (Å²) < 4.78 is 0. The van der Waals surface area contributed by atoms with E-state index in [2.05, 4.69) is 33.9 Å². The Kier molecular flexibility index (Phi) is 2080. The van der Waals surface area contributed by atoms with Crippen LogP contribution in [0.1, 0.15) is 0 Å². The summed E-state index contributed by atoms with van der Waals surface area (Å²) >= 11 is 0. The normalized spacial score (nSPS) is 1.82.